The van der Waals surface area contributed by atoms with Gasteiger partial charge in [0.2, 0.25) is 0 Å². The van der Waals surface area contributed by atoms with Crippen LogP contribution in [0.5, 0.6) is 0 Å². The Balaban J connectivity index is 2.43. The molecule has 1 heterocycles. The van der Waals surface area contributed by atoms with Crippen LogP contribution in [0.4, 0.5) is 0 Å². The van der Waals surface area contributed by atoms with Crippen LogP contribution in [0.3, 0.4) is 0 Å². The van der Waals surface area contributed by atoms with Crippen molar-refractivity contribution >= 4 is 5.90 Å². The maximum atomic E-state index is 5.29. The Morgan fingerprint density at radius 2 is 2.25 bits per heavy atom. The van der Waals surface area contributed by atoms with E-state index in [1.165, 1.54) is 7.11 Å². The Bertz CT molecular complexity index is 320. The van der Waals surface area contributed by atoms with Crippen molar-refractivity contribution in [1.29, 1.82) is 0 Å². The Morgan fingerprint density at radius 3 is 3.08 bits per heavy atom. The molecule has 0 aliphatic carbocycles. The smallest absolute Gasteiger partial charge is 0.258 e. The normalized spacial score (nSPS) is 17.2. The lowest BCUT2D eigenvalue weighted by Crippen LogP contribution is -1.97. The minimum Gasteiger partial charge on any atom is -0.470 e. The van der Waals surface area contributed by atoms with E-state index in [2.05, 4.69) is 9.99 Å². The molecule has 62 valence electrons. The predicted molar refractivity (Wildman–Crippen MR) is 44.8 cm³/mol. The van der Waals surface area contributed by atoms with Crippen LogP contribution in [-0.2, 0) is 16.2 Å². The third-order valence-electron chi connectivity index (χ3n) is 1.79. The first kappa shape index (κ1) is 7.16. The van der Waals surface area contributed by atoms with Crippen molar-refractivity contribution in [3.63, 3.8) is 0 Å². The number of oxime groups is 1. The van der Waals surface area contributed by atoms with Gasteiger partial charge < -0.3 is 9.57 Å². The molecule has 1 aliphatic heterocycles. The number of ether oxygens (including phenoxy) is 1. The van der Waals surface area contributed by atoms with E-state index >= 15 is 0 Å². The lowest BCUT2D eigenvalue weighted by atomic mass is 10.1. The lowest BCUT2D eigenvalue weighted by molar-refractivity contribution is 0.193. The number of rotatable bonds is 1. The van der Waals surface area contributed by atoms with Crippen LogP contribution < -0.4 is 0 Å². The molecule has 3 nitrogen and oxygen atoms in total. The van der Waals surface area contributed by atoms with Crippen LogP contribution >= 0.6 is 0 Å². The van der Waals surface area contributed by atoms with E-state index in [4.69, 9.17) is 4.74 Å². The molecule has 0 N–H and O–H groups in total. The van der Waals surface area contributed by atoms with Gasteiger partial charge in [-0.2, -0.15) is 0 Å². The molecule has 1 aromatic carbocycles. The summed E-state index contributed by atoms with van der Waals surface area (Å²) in [5.41, 5.74) is 2.19. The second kappa shape index (κ2) is 2.85. The first-order valence-electron chi connectivity index (χ1n) is 3.74. The maximum Gasteiger partial charge on any atom is 0.258 e. The average molecular weight is 163 g/mol. The van der Waals surface area contributed by atoms with Crippen LogP contribution in [-0.4, -0.2) is 13.0 Å². The van der Waals surface area contributed by atoms with Crippen LogP contribution in [0.25, 0.3) is 0 Å². The molecule has 1 aliphatic rings. The summed E-state index contributed by atoms with van der Waals surface area (Å²) in [5.74, 6) is 0.577. The van der Waals surface area contributed by atoms with Crippen LogP contribution in [0.1, 0.15) is 11.1 Å². The highest BCUT2D eigenvalue weighted by Gasteiger charge is 2.18. The molecule has 0 amide bonds. The Kier molecular flexibility index (Phi) is 1.70. The van der Waals surface area contributed by atoms with Crippen molar-refractivity contribution < 1.29 is 9.57 Å². The molecule has 0 aromatic heterocycles. The monoisotopic (exact) mass is 163 g/mol. The van der Waals surface area contributed by atoms with E-state index in [-0.39, 0.29) is 0 Å². The summed E-state index contributed by atoms with van der Waals surface area (Å²) in [4.78, 5) is 4.65. The first-order valence-corrected chi connectivity index (χ1v) is 3.74. The van der Waals surface area contributed by atoms with Gasteiger partial charge in [-0.3, -0.25) is 0 Å². The molecule has 1 aromatic rings. The maximum absolute atomic E-state index is 5.29. The lowest BCUT2D eigenvalue weighted by Gasteiger charge is -1.95. The molecule has 0 saturated carbocycles. The molecule has 0 unspecified atom stereocenters. The van der Waals surface area contributed by atoms with Gasteiger partial charge in [-0.05, 0) is 11.2 Å². The summed E-state index contributed by atoms with van der Waals surface area (Å²) < 4.78 is 5.29. The van der Waals surface area contributed by atoms with E-state index < -0.39 is 0 Å². The van der Waals surface area contributed by atoms with Crippen LogP contribution in [0.2, 0.25) is 0 Å². The topological polar surface area (TPSA) is 30.8 Å². The average Bonchev–Trinajstić information content (AvgIpc) is 2.50. The molecule has 0 atom stereocenters. The van der Waals surface area contributed by atoms with Gasteiger partial charge >= 0.3 is 0 Å². The van der Waals surface area contributed by atoms with Gasteiger partial charge in [0.1, 0.15) is 13.7 Å². The van der Waals surface area contributed by atoms with E-state index in [0.717, 1.165) is 11.1 Å². The predicted octanol–water partition coefficient (Wildman–Crippen LogP) is 1.52. The van der Waals surface area contributed by atoms with E-state index in [9.17, 15) is 0 Å². The summed E-state index contributed by atoms with van der Waals surface area (Å²) in [5, 5.41) is 3.76. The molecule has 0 bridgehead atoms. The molecule has 0 radical (unpaired) electrons. The zero-order valence-corrected chi connectivity index (χ0v) is 6.78. The van der Waals surface area contributed by atoms with Gasteiger partial charge in [0.05, 0.1) is 0 Å². The number of nitrogens with zero attached hydrogens (tertiary/aromatic N) is 1. The van der Waals surface area contributed by atoms with Crippen molar-refractivity contribution in [3.8, 4) is 0 Å². The zero-order chi connectivity index (χ0) is 8.39. The highest BCUT2D eigenvalue weighted by atomic mass is 16.6. The largest absolute Gasteiger partial charge is 0.470 e. The first-order chi connectivity index (χ1) is 5.92. The standard InChI is InChI=1S/C9H9NO2/c1-11-10-9-8-5-3-2-4-7(8)6-12-9/h2-5H,6H2,1H3. The molecule has 2 rings (SSSR count). The van der Waals surface area contributed by atoms with Gasteiger partial charge in [-0.25, -0.2) is 0 Å². The van der Waals surface area contributed by atoms with Crippen LogP contribution in [0.15, 0.2) is 29.4 Å². The van der Waals surface area contributed by atoms with Crippen LogP contribution in [0, 0.1) is 0 Å². The molecule has 0 spiro atoms. The minimum atomic E-state index is 0.577. The Hall–Kier alpha value is -1.51. The van der Waals surface area contributed by atoms with Gasteiger partial charge in [0.15, 0.2) is 0 Å². The Morgan fingerprint density at radius 1 is 1.42 bits per heavy atom. The van der Waals surface area contributed by atoms with Crippen molar-refractivity contribution in [2.45, 2.75) is 6.61 Å². The van der Waals surface area contributed by atoms with Crippen molar-refractivity contribution in [2.75, 3.05) is 7.11 Å². The molecule has 3 heteroatoms. The van der Waals surface area contributed by atoms with Crippen molar-refractivity contribution in [2.24, 2.45) is 5.16 Å². The second-order valence-corrected chi connectivity index (χ2v) is 2.52. The summed E-state index contributed by atoms with van der Waals surface area (Å²) in [6.07, 6.45) is 0. The van der Waals surface area contributed by atoms with Gasteiger partial charge in [0.25, 0.3) is 5.90 Å². The molecule has 0 fully saturated rings. The van der Waals surface area contributed by atoms with E-state index in [0.29, 0.717) is 12.5 Å². The summed E-state index contributed by atoms with van der Waals surface area (Å²) >= 11 is 0. The number of benzene rings is 1. The van der Waals surface area contributed by atoms with Crippen molar-refractivity contribution in [1.82, 2.24) is 0 Å². The molecule has 0 saturated heterocycles. The molecular weight excluding hydrogens is 154 g/mol. The highest BCUT2D eigenvalue weighted by Crippen LogP contribution is 2.19. The fourth-order valence-corrected chi connectivity index (χ4v) is 1.24. The molecular formula is C9H9NO2. The van der Waals surface area contributed by atoms with E-state index in [1.54, 1.807) is 0 Å². The fraction of sp³-hybridized carbons (Fsp3) is 0.222. The highest BCUT2D eigenvalue weighted by molar-refractivity contribution is 5.97. The van der Waals surface area contributed by atoms with Crippen molar-refractivity contribution in [3.05, 3.63) is 35.4 Å². The summed E-state index contributed by atoms with van der Waals surface area (Å²) in [6, 6.07) is 7.93. The van der Waals surface area contributed by atoms with E-state index in [1.807, 2.05) is 24.3 Å². The minimum absolute atomic E-state index is 0.577. The summed E-state index contributed by atoms with van der Waals surface area (Å²) in [7, 11) is 1.51. The quantitative estimate of drug-likeness (QED) is 0.588. The van der Waals surface area contributed by atoms with Gasteiger partial charge in [0, 0.05) is 11.1 Å². The van der Waals surface area contributed by atoms with Gasteiger partial charge in [-0.1, -0.05) is 18.2 Å². The Labute approximate surface area is 70.6 Å². The third-order valence-corrected chi connectivity index (χ3v) is 1.79. The fourth-order valence-electron chi connectivity index (χ4n) is 1.24. The second-order valence-electron chi connectivity index (χ2n) is 2.52. The number of fused-ring (bicyclic) bond motifs is 1. The number of hydrogen-bond donors (Lipinski definition) is 0. The number of hydrogen-bond acceptors (Lipinski definition) is 3. The zero-order valence-electron chi connectivity index (χ0n) is 6.78. The molecule has 12 heavy (non-hydrogen) atoms. The van der Waals surface area contributed by atoms with Gasteiger partial charge in [-0.15, -0.1) is 0 Å². The third kappa shape index (κ3) is 1.03. The summed E-state index contributed by atoms with van der Waals surface area (Å²) in [6.45, 7) is 0.596. The SMILES string of the molecule is CON=C1OCc2ccccc21.